The van der Waals surface area contributed by atoms with E-state index in [0.717, 1.165) is 57.8 Å². The van der Waals surface area contributed by atoms with Gasteiger partial charge in [-0.05, 0) is 44.9 Å². The summed E-state index contributed by atoms with van der Waals surface area (Å²) >= 11 is 0. The predicted molar refractivity (Wildman–Crippen MR) is 248 cm³/mol. The maximum atomic E-state index is 12.4. The van der Waals surface area contributed by atoms with E-state index in [1.807, 2.05) is 0 Å². The third-order valence-electron chi connectivity index (χ3n) is 11.7. The van der Waals surface area contributed by atoms with Crippen LogP contribution in [0.2, 0.25) is 0 Å². The van der Waals surface area contributed by atoms with E-state index in [-0.39, 0.29) is 12.5 Å². The monoisotopic (exact) mass is 786 g/mol. The number of amides is 1. The van der Waals surface area contributed by atoms with Crippen molar-refractivity contribution in [3.8, 4) is 0 Å². The number of rotatable bonds is 46. The average Bonchev–Trinajstić information content (AvgIpc) is 3.20. The first-order valence-corrected chi connectivity index (χ1v) is 25.2. The highest BCUT2D eigenvalue weighted by molar-refractivity contribution is 5.76. The van der Waals surface area contributed by atoms with Crippen molar-refractivity contribution in [2.24, 2.45) is 0 Å². The first kappa shape index (κ1) is 54.6. The molecular formula is C52H99NO3. The quantitative estimate of drug-likeness (QED) is 0.0425. The molecule has 2 unspecified atom stereocenters. The van der Waals surface area contributed by atoms with E-state index in [1.165, 1.54) is 186 Å². The SMILES string of the molecule is CC/C=C\C/C=C\C/C=C\CCCCCCCC(=O)NC(CO)C(O)CCCCCCCCCCCCCCCCCCCCCCCCCCCCCCC. The number of aliphatic hydroxyl groups is 2. The number of hydrogen-bond acceptors (Lipinski definition) is 3. The maximum Gasteiger partial charge on any atom is 0.220 e. The molecule has 0 heterocycles. The molecule has 0 saturated carbocycles. The Morgan fingerprint density at radius 3 is 1.18 bits per heavy atom. The molecule has 0 saturated heterocycles. The third-order valence-corrected chi connectivity index (χ3v) is 11.7. The van der Waals surface area contributed by atoms with Crippen LogP contribution >= 0.6 is 0 Å². The lowest BCUT2D eigenvalue weighted by Gasteiger charge is -2.22. The fraction of sp³-hybridized carbons (Fsp3) is 0.865. The van der Waals surface area contributed by atoms with Crippen LogP contribution in [0.3, 0.4) is 0 Å². The molecule has 0 bridgehead atoms. The third kappa shape index (κ3) is 43.7. The van der Waals surface area contributed by atoms with Crippen molar-refractivity contribution in [1.82, 2.24) is 5.32 Å². The van der Waals surface area contributed by atoms with Crippen molar-refractivity contribution >= 4 is 5.91 Å². The molecular weight excluding hydrogens is 687 g/mol. The minimum atomic E-state index is -0.667. The molecule has 4 heteroatoms. The lowest BCUT2D eigenvalue weighted by molar-refractivity contribution is -0.123. The second kappa shape index (κ2) is 48.0. The first-order valence-electron chi connectivity index (χ1n) is 25.2. The highest BCUT2D eigenvalue weighted by atomic mass is 16.3. The van der Waals surface area contributed by atoms with Gasteiger partial charge in [-0.15, -0.1) is 0 Å². The Balaban J connectivity index is 3.43. The van der Waals surface area contributed by atoms with Crippen molar-refractivity contribution in [1.29, 1.82) is 0 Å². The van der Waals surface area contributed by atoms with E-state index in [0.29, 0.717) is 12.8 Å². The molecule has 1 amide bonds. The molecule has 0 radical (unpaired) electrons. The summed E-state index contributed by atoms with van der Waals surface area (Å²) in [4.78, 5) is 12.4. The predicted octanol–water partition coefficient (Wildman–Crippen LogP) is 16.1. The van der Waals surface area contributed by atoms with Crippen LogP contribution in [0.15, 0.2) is 36.5 Å². The van der Waals surface area contributed by atoms with Gasteiger partial charge in [0.05, 0.1) is 18.8 Å². The smallest absolute Gasteiger partial charge is 0.220 e. The number of carbonyl (C=O) groups excluding carboxylic acids is 1. The number of allylic oxidation sites excluding steroid dienone is 6. The maximum absolute atomic E-state index is 12.4. The molecule has 0 aromatic heterocycles. The number of carbonyl (C=O) groups is 1. The van der Waals surface area contributed by atoms with Gasteiger partial charge in [0, 0.05) is 6.42 Å². The topological polar surface area (TPSA) is 69.6 Å². The molecule has 4 nitrogen and oxygen atoms in total. The lowest BCUT2D eigenvalue weighted by atomic mass is 10.0. The zero-order chi connectivity index (χ0) is 40.7. The van der Waals surface area contributed by atoms with Gasteiger partial charge in [0.1, 0.15) is 0 Å². The van der Waals surface area contributed by atoms with Crippen molar-refractivity contribution in [3.63, 3.8) is 0 Å². The average molecular weight is 786 g/mol. The van der Waals surface area contributed by atoms with Crippen LogP contribution in [0.5, 0.6) is 0 Å². The summed E-state index contributed by atoms with van der Waals surface area (Å²) in [7, 11) is 0. The van der Waals surface area contributed by atoms with Crippen LogP contribution in [0.25, 0.3) is 0 Å². The number of hydrogen-bond donors (Lipinski definition) is 3. The molecule has 0 aliphatic heterocycles. The van der Waals surface area contributed by atoms with Crippen LogP contribution in [0.4, 0.5) is 0 Å². The Morgan fingerprint density at radius 2 is 0.786 bits per heavy atom. The second-order valence-corrected chi connectivity index (χ2v) is 17.2. The summed E-state index contributed by atoms with van der Waals surface area (Å²) in [6.07, 6.45) is 64.0. The van der Waals surface area contributed by atoms with Crippen LogP contribution in [-0.4, -0.2) is 34.9 Å². The van der Waals surface area contributed by atoms with E-state index in [2.05, 4.69) is 55.6 Å². The fourth-order valence-electron chi connectivity index (χ4n) is 7.85. The van der Waals surface area contributed by atoms with Crippen molar-refractivity contribution < 1.29 is 15.0 Å². The van der Waals surface area contributed by atoms with E-state index in [4.69, 9.17) is 0 Å². The zero-order valence-electron chi connectivity index (χ0n) is 37.9. The van der Waals surface area contributed by atoms with Crippen LogP contribution in [0.1, 0.15) is 271 Å². The summed E-state index contributed by atoms with van der Waals surface area (Å²) in [5.74, 6) is -0.0464. The Labute approximate surface area is 351 Å². The van der Waals surface area contributed by atoms with Gasteiger partial charge in [-0.3, -0.25) is 4.79 Å². The van der Waals surface area contributed by atoms with Crippen molar-refractivity contribution in [3.05, 3.63) is 36.5 Å². The fourth-order valence-corrected chi connectivity index (χ4v) is 7.85. The van der Waals surface area contributed by atoms with Crippen molar-refractivity contribution in [2.75, 3.05) is 6.61 Å². The van der Waals surface area contributed by atoms with Gasteiger partial charge in [0.2, 0.25) is 5.91 Å². The highest BCUT2D eigenvalue weighted by Crippen LogP contribution is 2.17. The Kier molecular flexibility index (Phi) is 46.8. The summed E-state index contributed by atoms with van der Waals surface area (Å²) in [6, 6.07) is -0.546. The van der Waals surface area contributed by atoms with E-state index in [1.54, 1.807) is 0 Å². The molecule has 0 spiro atoms. The number of nitrogens with one attached hydrogen (secondary N) is 1. The highest BCUT2D eigenvalue weighted by Gasteiger charge is 2.20. The molecule has 0 aliphatic carbocycles. The molecule has 56 heavy (non-hydrogen) atoms. The zero-order valence-corrected chi connectivity index (χ0v) is 37.9. The molecule has 0 aromatic carbocycles. The van der Waals surface area contributed by atoms with Gasteiger partial charge in [-0.2, -0.15) is 0 Å². The lowest BCUT2D eigenvalue weighted by Crippen LogP contribution is -2.45. The van der Waals surface area contributed by atoms with Gasteiger partial charge in [-0.25, -0.2) is 0 Å². The molecule has 330 valence electrons. The Bertz CT molecular complexity index is 851. The summed E-state index contributed by atoms with van der Waals surface area (Å²) in [5, 5.41) is 23.2. The van der Waals surface area contributed by atoms with Gasteiger partial charge < -0.3 is 15.5 Å². The van der Waals surface area contributed by atoms with E-state index < -0.39 is 12.1 Å². The largest absolute Gasteiger partial charge is 0.394 e. The normalized spacial score (nSPS) is 13.1. The van der Waals surface area contributed by atoms with Gasteiger partial charge in [-0.1, -0.05) is 256 Å². The Hall–Kier alpha value is -1.39. The van der Waals surface area contributed by atoms with Gasteiger partial charge in [0.25, 0.3) is 0 Å². The number of aliphatic hydroxyl groups excluding tert-OH is 2. The Morgan fingerprint density at radius 1 is 0.446 bits per heavy atom. The van der Waals surface area contributed by atoms with Crippen molar-refractivity contribution in [2.45, 2.75) is 283 Å². The minimum absolute atomic E-state index is 0.0464. The van der Waals surface area contributed by atoms with Crippen LogP contribution in [0, 0.1) is 0 Å². The molecule has 0 rings (SSSR count). The summed E-state index contributed by atoms with van der Waals surface area (Å²) < 4.78 is 0. The summed E-state index contributed by atoms with van der Waals surface area (Å²) in [5.41, 5.74) is 0. The van der Waals surface area contributed by atoms with Gasteiger partial charge >= 0.3 is 0 Å². The molecule has 3 N–H and O–H groups in total. The molecule has 0 aromatic rings. The number of unbranched alkanes of at least 4 members (excludes halogenated alkanes) is 33. The van der Waals surface area contributed by atoms with Gasteiger partial charge in [0.15, 0.2) is 0 Å². The summed E-state index contributed by atoms with van der Waals surface area (Å²) in [6.45, 7) is 4.26. The second-order valence-electron chi connectivity index (χ2n) is 17.2. The molecule has 2 atom stereocenters. The van der Waals surface area contributed by atoms with Crippen LogP contribution < -0.4 is 5.32 Å². The van der Waals surface area contributed by atoms with E-state index in [9.17, 15) is 15.0 Å². The van der Waals surface area contributed by atoms with Crippen LogP contribution in [-0.2, 0) is 4.79 Å². The minimum Gasteiger partial charge on any atom is -0.394 e. The first-order chi connectivity index (χ1) is 27.7. The standard InChI is InChI=1S/C52H99NO3/c1-3-5-7-9-11-13-15-17-19-20-21-22-23-24-25-26-27-28-29-30-31-32-34-35-37-39-41-43-45-47-51(55)50(49-54)53-52(56)48-46-44-42-40-38-36-33-18-16-14-12-10-8-6-4-2/h6,8,12,14,18,33,50-51,54-55H,3-5,7,9-11,13,15-17,19-32,34-49H2,1-2H3,(H,53,56)/b8-6-,14-12-,33-18-. The molecule has 0 fully saturated rings. The molecule has 0 aliphatic rings. The van der Waals surface area contributed by atoms with E-state index >= 15 is 0 Å².